The third-order valence-electron chi connectivity index (χ3n) is 0.542. The van der Waals surface area contributed by atoms with Crippen molar-refractivity contribution in [2.45, 2.75) is 0 Å². The van der Waals surface area contributed by atoms with Gasteiger partial charge in [0.2, 0.25) is 0 Å². The molecule has 0 aromatic heterocycles. The van der Waals surface area contributed by atoms with Crippen LogP contribution in [0.25, 0.3) is 0 Å². The number of rotatable bonds is 1. The largest absolute Gasteiger partial charge is 0.291 e. The molecule has 1 nitrogen and oxygen atoms in total. The molecule has 1 N–H and O–H groups in total. The van der Waals surface area contributed by atoms with Crippen LogP contribution in [-0.4, -0.2) is 5.17 Å². The van der Waals surface area contributed by atoms with Crippen molar-refractivity contribution in [3.8, 4) is 11.8 Å². The summed E-state index contributed by atoms with van der Waals surface area (Å²) in [7, 11) is 0. The molecule has 0 unspecified atom stereocenters. The van der Waals surface area contributed by atoms with Crippen molar-refractivity contribution in [1.82, 2.24) is 0 Å². The molecule has 0 aliphatic heterocycles. The molecule has 0 saturated heterocycles. The van der Waals surface area contributed by atoms with Crippen LogP contribution in [0.1, 0.15) is 0 Å². The van der Waals surface area contributed by atoms with Crippen molar-refractivity contribution in [3.05, 3.63) is 0 Å². The fourth-order valence-corrected chi connectivity index (χ4v) is 0.277. The van der Waals surface area contributed by atoms with E-state index in [0.717, 1.165) is 0 Å². The summed E-state index contributed by atoms with van der Waals surface area (Å²) in [5, 5.41) is 6.77. The van der Waals surface area contributed by atoms with E-state index in [2.05, 4.69) is 11.8 Å². The van der Waals surface area contributed by atoms with E-state index in [1.165, 1.54) is 0 Å². The van der Waals surface area contributed by atoms with Gasteiger partial charge in [0.15, 0.2) is 0 Å². The molecule has 0 fully saturated rings. The number of halogens is 1. The Balaban J connectivity index is 2.36. The standard InChI is InChI=1S/C4H2ClN/c5-4(6)3-1-2-3/h3,6H. The summed E-state index contributed by atoms with van der Waals surface area (Å²) >= 11 is 5.13. The van der Waals surface area contributed by atoms with E-state index in [1.807, 2.05) is 0 Å². The van der Waals surface area contributed by atoms with Crippen LogP contribution in [0, 0.1) is 23.2 Å². The fraction of sp³-hybridized carbons (Fsp3) is 0.250. The van der Waals surface area contributed by atoms with Crippen molar-refractivity contribution >= 4 is 16.8 Å². The van der Waals surface area contributed by atoms with E-state index in [4.69, 9.17) is 17.0 Å². The Morgan fingerprint density at radius 2 is 2.17 bits per heavy atom. The molecule has 0 atom stereocenters. The molecule has 0 heterocycles. The van der Waals surface area contributed by atoms with Gasteiger partial charge in [0.1, 0.15) is 11.1 Å². The second-order valence-electron chi connectivity index (χ2n) is 1.07. The summed E-state index contributed by atoms with van der Waals surface area (Å²) in [6.07, 6.45) is 0. The molecular formula is C4H2ClN. The highest BCUT2D eigenvalue weighted by Gasteiger charge is 2.12. The third kappa shape index (κ3) is 0.526. The number of hydrogen-bond donors (Lipinski definition) is 1. The lowest BCUT2D eigenvalue weighted by Gasteiger charge is -1.77. The Morgan fingerprint density at radius 1 is 1.67 bits per heavy atom. The highest BCUT2D eigenvalue weighted by atomic mass is 35.5. The topological polar surface area (TPSA) is 23.9 Å². The lowest BCUT2D eigenvalue weighted by atomic mass is 10.4. The van der Waals surface area contributed by atoms with Gasteiger partial charge >= 0.3 is 0 Å². The van der Waals surface area contributed by atoms with Crippen LogP contribution in [0.4, 0.5) is 0 Å². The minimum absolute atomic E-state index is 0.0494. The third-order valence-corrected chi connectivity index (χ3v) is 0.760. The predicted octanol–water partition coefficient (Wildman–Crippen LogP) is 0.836. The summed E-state index contributed by atoms with van der Waals surface area (Å²) in [5.41, 5.74) is 0. The summed E-state index contributed by atoms with van der Waals surface area (Å²) in [4.78, 5) is 0. The van der Waals surface area contributed by atoms with Crippen LogP contribution in [0.2, 0.25) is 0 Å². The Hall–Kier alpha value is -0.480. The molecule has 0 saturated carbocycles. The Labute approximate surface area is 40.8 Å². The first-order chi connectivity index (χ1) is 2.80. The van der Waals surface area contributed by atoms with E-state index in [9.17, 15) is 0 Å². The van der Waals surface area contributed by atoms with Gasteiger partial charge in [-0.2, -0.15) is 0 Å². The SMILES string of the molecule is N=C(Cl)C1C#C1. The van der Waals surface area contributed by atoms with Crippen molar-refractivity contribution < 1.29 is 0 Å². The van der Waals surface area contributed by atoms with E-state index >= 15 is 0 Å². The van der Waals surface area contributed by atoms with Gasteiger partial charge in [-0.05, 0) is 0 Å². The number of nitrogens with one attached hydrogen (secondary N) is 1. The Kier molecular flexibility index (Phi) is 0.611. The van der Waals surface area contributed by atoms with Crippen LogP contribution < -0.4 is 0 Å². The summed E-state index contributed by atoms with van der Waals surface area (Å²) in [5.74, 6) is 5.21. The van der Waals surface area contributed by atoms with Gasteiger partial charge in [-0.1, -0.05) is 23.4 Å². The predicted molar refractivity (Wildman–Crippen MR) is 24.8 cm³/mol. The molecule has 0 spiro atoms. The molecule has 1 aliphatic rings. The quantitative estimate of drug-likeness (QED) is 0.372. The molecule has 2 heteroatoms. The van der Waals surface area contributed by atoms with Gasteiger partial charge in [0, 0.05) is 0 Å². The van der Waals surface area contributed by atoms with Crippen LogP contribution in [0.5, 0.6) is 0 Å². The van der Waals surface area contributed by atoms with Gasteiger partial charge in [-0.15, -0.1) is 0 Å². The molecule has 0 amide bonds. The van der Waals surface area contributed by atoms with Crippen molar-refractivity contribution in [2.75, 3.05) is 0 Å². The van der Waals surface area contributed by atoms with E-state index in [0.29, 0.717) is 0 Å². The van der Waals surface area contributed by atoms with Crippen LogP contribution in [-0.2, 0) is 0 Å². The van der Waals surface area contributed by atoms with E-state index < -0.39 is 0 Å². The zero-order chi connectivity index (χ0) is 4.57. The van der Waals surface area contributed by atoms with Crippen LogP contribution in [0.3, 0.4) is 0 Å². The first kappa shape index (κ1) is 3.70. The molecule has 1 rings (SSSR count). The molecule has 6 heavy (non-hydrogen) atoms. The van der Waals surface area contributed by atoms with Crippen LogP contribution >= 0.6 is 11.6 Å². The highest BCUT2D eigenvalue weighted by molar-refractivity contribution is 6.66. The van der Waals surface area contributed by atoms with Crippen molar-refractivity contribution in [3.63, 3.8) is 0 Å². The van der Waals surface area contributed by atoms with Gasteiger partial charge in [-0.25, -0.2) is 0 Å². The summed E-state index contributed by atoms with van der Waals surface area (Å²) in [6.45, 7) is 0. The highest BCUT2D eigenvalue weighted by Crippen LogP contribution is 2.07. The first-order valence-corrected chi connectivity index (χ1v) is 1.93. The molecule has 30 valence electrons. The smallest absolute Gasteiger partial charge is 0.133 e. The molecule has 0 bridgehead atoms. The Morgan fingerprint density at radius 3 is 2.17 bits per heavy atom. The van der Waals surface area contributed by atoms with E-state index in [1.54, 1.807) is 0 Å². The maximum atomic E-state index is 6.65. The normalized spacial score (nSPS) is 15.5. The van der Waals surface area contributed by atoms with Gasteiger partial charge < -0.3 is 0 Å². The molecule has 1 aliphatic carbocycles. The van der Waals surface area contributed by atoms with Gasteiger partial charge in [-0.3, -0.25) is 5.41 Å². The minimum atomic E-state index is -0.0494. The fourth-order valence-electron chi connectivity index (χ4n) is 0.168. The average Bonchev–Trinajstić information content (AvgIpc) is 2.06. The lowest BCUT2D eigenvalue weighted by Crippen LogP contribution is -1.87. The Bertz CT molecular complexity index is 131. The second-order valence-corrected chi connectivity index (χ2v) is 1.48. The molecule has 0 aromatic rings. The van der Waals surface area contributed by atoms with Crippen molar-refractivity contribution in [2.24, 2.45) is 5.92 Å². The zero-order valence-electron chi connectivity index (χ0n) is 2.96. The van der Waals surface area contributed by atoms with Gasteiger partial charge in [0.05, 0.1) is 0 Å². The molecular weight excluding hydrogens is 97.5 g/mol. The maximum absolute atomic E-state index is 6.65. The van der Waals surface area contributed by atoms with E-state index in [-0.39, 0.29) is 11.1 Å². The maximum Gasteiger partial charge on any atom is 0.133 e. The lowest BCUT2D eigenvalue weighted by molar-refractivity contribution is 1.34. The van der Waals surface area contributed by atoms with Gasteiger partial charge in [0.25, 0.3) is 0 Å². The monoisotopic (exact) mass is 99.0 g/mol. The number of hydrogen-bond acceptors (Lipinski definition) is 1. The van der Waals surface area contributed by atoms with Crippen molar-refractivity contribution in [1.29, 1.82) is 5.41 Å². The first-order valence-electron chi connectivity index (χ1n) is 1.56. The summed E-state index contributed by atoms with van der Waals surface area (Å²) < 4.78 is 0. The zero-order valence-corrected chi connectivity index (χ0v) is 3.71. The summed E-state index contributed by atoms with van der Waals surface area (Å²) in [6, 6.07) is 0. The average molecular weight is 99.5 g/mol. The van der Waals surface area contributed by atoms with Crippen LogP contribution in [0.15, 0.2) is 0 Å². The molecule has 0 aromatic carbocycles. The second kappa shape index (κ2) is 0.990. The molecule has 0 radical (unpaired) electrons. The minimum Gasteiger partial charge on any atom is -0.291 e.